The highest BCUT2D eigenvalue weighted by Gasteiger charge is 2.51. The summed E-state index contributed by atoms with van der Waals surface area (Å²) in [5.74, 6) is 2.56. The van der Waals surface area contributed by atoms with Gasteiger partial charge in [0.15, 0.2) is 17.4 Å². The number of rotatable bonds is 13. The van der Waals surface area contributed by atoms with Gasteiger partial charge in [0, 0.05) is 37.5 Å². The van der Waals surface area contributed by atoms with Crippen LogP contribution < -0.4 is 20.9 Å². The molecule has 2 saturated carbocycles. The second-order valence-corrected chi connectivity index (χ2v) is 12.5. The van der Waals surface area contributed by atoms with E-state index in [2.05, 4.69) is 57.0 Å². The van der Waals surface area contributed by atoms with E-state index >= 15 is 0 Å². The van der Waals surface area contributed by atoms with E-state index in [1.165, 1.54) is 17.4 Å². The molecule has 6 rings (SSSR count). The van der Waals surface area contributed by atoms with E-state index < -0.39 is 0 Å². The lowest BCUT2D eigenvalue weighted by molar-refractivity contribution is -0.120. The van der Waals surface area contributed by atoms with E-state index in [4.69, 9.17) is 4.42 Å². The summed E-state index contributed by atoms with van der Waals surface area (Å²) in [5, 5.41) is 9.08. The van der Waals surface area contributed by atoms with Gasteiger partial charge in [-0.15, -0.1) is 0 Å². The number of benzene rings is 2. The van der Waals surface area contributed by atoms with Gasteiger partial charge in [0.2, 0.25) is 5.91 Å². The van der Waals surface area contributed by atoms with Gasteiger partial charge in [-0.05, 0) is 92.7 Å². The molecule has 9 nitrogen and oxygen atoms in total. The third-order valence-corrected chi connectivity index (χ3v) is 9.39. The molecule has 3 N–H and O–H groups in total. The van der Waals surface area contributed by atoms with Crippen LogP contribution in [0.2, 0.25) is 0 Å². The zero-order valence-electron chi connectivity index (χ0n) is 25.7. The molecule has 2 amide bonds. The average molecular weight is 598 g/mol. The molecule has 0 spiro atoms. The number of aryl methyl sites for hydroxylation is 1. The van der Waals surface area contributed by atoms with Gasteiger partial charge in [0.25, 0.3) is 5.91 Å². The first kappa shape index (κ1) is 30.1. The maximum Gasteiger partial charge on any atom is 0.277 e. The van der Waals surface area contributed by atoms with Crippen molar-refractivity contribution in [1.82, 2.24) is 15.6 Å². The Morgan fingerprint density at radius 1 is 1.00 bits per heavy atom. The van der Waals surface area contributed by atoms with E-state index in [1.54, 1.807) is 6.07 Å². The molecule has 1 aliphatic heterocycles. The second-order valence-electron chi connectivity index (χ2n) is 12.5. The minimum Gasteiger partial charge on any atom is -0.448 e. The Morgan fingerprint density at radius 2 is 1.77 bits per heavy atom. The average Bonchev–Trinajstić information content (AvgIpc) is 3.95. The Balaban J connectivity index is 1.13. The van der Waals surface area contributed by atoms with Gasteiger partial charge in [0.05, 0.1) is 17.9 Å². The van der Waals surface area contributed by atoms with E-state index in [0.717, 1.165) is 50.9 Å². The van der Waals surface area contributed by atoms with Crippen LogP contribution in [0.15, 0.2) is 53.1 Å². The number of aromatic nitrogens is 1. The SMILES string of the molecule is CCC(=O)NCCCNCC(=O)c1ccc(N2CCC3C(CC2)C3c2ccccc2C)c(NC(=O)c2coc(C3CC3)n2)c1. The molecule has 3 aromatic rings. The van der Waals surface area contributed by atoms with Crippen molar-refractivity contribution in [2.75, 3.05) is 42.9 Å². The number of nitrogens with zero attached hydrogens (tertiary/aromatic N) is 2. The van der Waals surface area contributed by atoms with Gasteiger partial charge in [-0.3, -0.25) is 14.4 Å². The first-order valence-corrected chi connectivity index (χ1v) is 16.1. The molecule has 3 aliphatic rings. The molecule has 2 aliphatic carbocycles. The van der Waals surface area contributed by atoms with Crippen molar-refractivity contribution in [2.24, 2.45) is 11.8 Å². The van der Waals surface area contributed by atoms with Crippen LogP contribution >= 0.6 is 0 Å². The summed E-state index contributed by atoms with van der Waals surface area (Å²) in [6.45, 7) is 7.19. The van der Waals surface area contributed by atoms with Crippen molar-refractivity contribution in [3.05, 3.63) is 77.0 Å². The highest BCUT2D eigenvalue weighted by Crippen LogP contribution is 2.59. The van der Waals surface area contributed by atoms with Crippen LogP contribution in [-0.4, -0.2) is 55.3 Å². The third-order valence-electron chi connectivity index (χ3n) is 9.39. The highest BCUT2D eigenvalue weighted by molar-refractivity contribution is 6.06. The fourth-order valence-corrected chi connectivity index (χ4v) is 6.67. The lowest BCUT2D eigenvalue weighted by atomic mass is 10.0. The van der Waals surface area contributed by atoms with Crippen LogP contribution in [0.5, 0.6) is 0 Å². The number of nitrogens with one attached hydrogen (secondary N) is 3. The number of fused-ring (bicyclic) bond motifs is 1. The quantitative estimate of drug-likeness (QED) is 0.178. The van der Waals surface area contributed by atoms with Crippen molar-refractivity contribution >= 4 is 29.0 Å². The van der Waals surface area contributed by atoms with Crippen molar-refractivity contribution < 1.29 is 18.8 Å². The standard InChI is InChI=1S/C35H43N5O4/c1-3-32(42)37-16-6-15-36-20-31(41)24-11-12-30(28(19-24)38-34(43)29-21-44-35(39-29)23-9-10-23)40-17-13-26-27(14-18-40)33(26)25-8-5-4-7-22(25)2/h4-5,7-8,11-12,19,21,23,26-27,33,36H,3,6,9-10,13-18,20H2,1-2H3,(H,37,42)(H,38,43). The Bertz CT molecular complexity index is 1500. The molecular weight excluding hydrogens is 554 g/mol. The van der Waals surface area contributed by atoms with Crippen molar-refractivity contribution in [3.8, 4) is 0 Å². The number of hydrogen-bond acceptors (Lipinski definition) is 7. The van der Waals surface area contributed by atoms with Crippen LogP contribution in [0.25, 0.3) is 0 Å². The highest BCUT2D eigenvalue weighted by atomic mass is 16.3. The predicted octanol–water partition coefficient (Wildman–Crippen LogP) is 5.43. The number of anilines is 2. The lowest BCUT2D eigenvalue weighted by Crippen LogP contribution is -2.29. The lowest BCUT2D eigenvalue weighted by Gasteiger charge is -2.27. The van der Waals surface area contributed by atoms with Crippen molar-refractivity contribution in [1.29, 1.82) is 0 Å². The molecule has 1 aromatic heterocycles. The molecule has 2 unspecified atom stereocenters. The number of Topliss-reactive ketones (excluding diaryl/α,β-unsaturated/α-hetero) is 1. The minimum absolute atomic E-state index is 0.0256. The van der Waals surface area contributed by atoms with Crippen LogP contribution in [-0.2, 0) is 4.79 Å². The smallest absolute Gasteiger partial charge is 0.277 e. The Labute approximate surface area is 259 Å². The number of amides is 2. The largest absolute Gasteiger partial charge is 0.448 e. The van der Waals surface area contributed by atoms with Gasteiger partial charge in [-0.25, -0.2) is 4.98 Å². The van der Waals surface area contributed by atoms with E-state index in [0.29, 0.717) is 60.3 Å². The molecular formula is C35H43N5O4. The van der Waals surface area contributed by atoms with Gasteiger partial charge in [-0.1, -0.05) is 31.2 Å². The Morgan fingerprint density at radius 3 is 2.50 bits per heavy atom. The first-order chi connectivity index (χ1) is 21.4. The summed E-state index contributed by atoms with van der Waals surface area (Å²) in [6.07, 6.45) is 6.89. The number of ketones is 1. The van der Waals surface area contributed by atoms with Crippen molar-refractivity contribution in [3.63, 3.8) is 0 Å². The van der Waals surface area contributed by atoms with Crippen LogP contribution in [0.3, 0.4) is 0 Å². The number of hydrogen-bond donors (Lipinski definition) is 3. The molecule has 44 heavy (non-hydrogen) atoms. The first-order valence-electron chi connectivity index (χ1n) is 16.1. The fraction of sp³-hybridized carbons (Fsp3) is 0.486. The maximum atomic E-state index is 13.3. The van der Waals surface area contributed by atoms with Crippen LogP contribution in [0, 0.1) is 18.8 Å². The number of oxazole rings is 1. The summed E-state index contributed by atoms with van der Waals surface area (Å²) in [6, 6.07) is 14.4. The zero-order chi connectivity index (χ0) is 30.6. The summed E-state index contributed by atoms with van der Waals surface area (Å²) >= 11 is 0. The molecule has 2 aromatic carbocycles. The minimum atomic E-state index is -0.337. The van der Waals surface area contributed by atoms with E-state index in [1.807, 2.05) is 19.1 Å². The summed E-state index contributed by atoms with van der Waals surface area (Å²) in [7, 11) is 0. The zero-order valence-corrected chi connectivity index (χ0v) is 25.7. The molecule has 232 valence electrons. The van der Waals surface area contributed by atoms with Crippen LogP contribution in [0.4, 0.5) is 11.4 Å². The second kappa shape index (κ2) is 13.3. The van der Waals surface area contributed by atoms with Gasteiger partial charge < -0.3 is 25.3 Å². The van der Waals surface area contributed by atoms with Gasteiger partial charge >= 0.3 is 0 Å². The summed E-state index contributed by atoms with van der Waals surface area (Å²) in [4.78, 5) is 44.6. The Kier molecular flexibility index (Phi) is 9.12. The molecule has 3 fully saturated rings. The molecule has 0 bridgehead atoms. The van der Waals surface area contributed by atoms with E-state index in [9.17, 15) is 14.4 Å². The summed E-state index contributed by atoms with van der Waals surface area (Å²) in [5.41, 5.74) is 5.20. The topological polar surface area (TPSA) is 117 Å². The van der Waals surface area contributed by atoms with E-state index in [-0.39, 0.29) is 29.8 Å². The van der Waals surface area contributed by atoms with Gasteiger partial charge in [0.1, 0.15) is 6.26 Å². The normalized spacial score (nSPS) is 20.9. The third kappa shape index (κ3) is 6.88. The molecule has 9 heteroatoms. The number of carbonyl (C=O) groups is 3. The molecule has 1 saturated heterocycles. The molecule has 2 atom stereocenters. The van der Waals surface area contributed by atoms with Crippen LogP contribution in [0.1, 0.15) is 95.1 Å². The predicted molar refractivity (Wildman–Crippen MR) is 170 cm³/mol. The van der Waals surface area contributed by atoms with Crippen molar-refractivity contribution in [2.45, 2.75) is 64.2 Å². The van der Waals surface area contributed by atoms with Gasteiger partial charge in [-0.2, -0.15) is 0 Å². The fourth-order valence-electron chi connectivity index (χ4n) is 6.67. The molecule has 0 radical (unpaired) electrons. The monoisotopic (exact) mass is 597 g/mol. The maximum absolute atomic E-state index is 13.3. The number of carbonyl (C=O) groups excluding carboxylic acids is 3. The Hall–Kier alpha value is -3.98. The summed E-state index contributed by atoms with van der Waals surface area (Å²) < 4.78 is 5.57. The molecule has 2 heterocycles.